The summed E-state index contributed by atoms with van der Waals surface area (Å²) in [6.07, 6.45) is 0. The summed E-state index contributed by atoms with van der Waals surface area (Å²) < 4.78 is 0. The standard InChI is InChI=1S/C10H11N2P/c1-7-5-3-4-6-9(7)10-8(2)11-12-13-10/h3-6H,1-2H3,(H,11,12). The van der Waals surface area contributed by atoms with E-state index in [4.69, 9.17) is 0 Å². The smallest absolute Gasteiger partial charge is 0.0718 e. The lowest BCUT2D eigenvalue weighted by Gasteiger charge is -2.01. The van der Waals surface area contributed by atoms with Crippen LogP contribution in [0.2, 0.25) is 0 Å². The summed E-state index contributed by atoms with van der Waals surface area (Å²) in [5.41, 5.74) is 3.70. The van der Waals surface area contributed by atoms with Gasteiger partial charge in [0.1, 0.15) is 0 Å². The van der Waals surface area contributed by atoms with Gasteiger partial charge in [0.05, 0.1) is 11.0 Å². The molecule has 2 rings (SSSR count). The van der Waals surface area contributed by atoms with Crippen molar-refractivity contribution in [3.05, 3.63) is 35.5 Å². The highest BCUT2D eigenvalue weighted by Gasteiger charge is 2.06. The molecular formula is C10H11N2P. The first kappa shape index (κ1) is 8.46. The lowest BCUT2D eigenvalue weighted by Crippen LogP contribution is -1.81. The van der Waals surface area contributed by atoms with E-state index in [2.05, 4.69) is 41.1 Å². The van der Waals surface area contributed by atoms with Crippen LogP contribution in [0.1, 0.15) is 11.3 Å². The van der Waals surface area contributed by atoms with E-state index < -0.39 is 0 Å². The minimum atomic E-state index is 1.09. The Morgan fingerprint density at radius 1 is 1.23 bits per heavy atom. The van der Waals surface area contributed by atoms with Gasteiger partial charge in [-0.25, -0.2) is 0 Å². The molecule has 66 valence electrons. The maximum absolute atomic E-state index is 4.15. The number of aromatic amines is 1. The molecule has 1 heterocycles. The van der Waals surface area contributed by atoms with Crippen LogP contribution in [0.25, 0.3) is 10.9 Å². The highest BCUT2D eigenvalue weighted by molar-refractivity contribution is 7.29. The Morgan fingerprint density at radius 2 is 2.00 bits per heavy atom. The Kier molecular flexibility index (Phi) is 2.15. The fourth-order valence-electron chi connectivity index (χ4n) is 1.38. The van der Waals surface area contributed by atoms with E-state index in [1.54, 1.807) is 0 Å². The van der Waals surface area contributed by atoms with E-state index >= 15 is 0 Å². The average Bonchev–Trinajstić information content (AvgIpc) is 2.52. The third-order valence-electron chi connectivity index (χ3n) is 2.12. The van der Waals surface area contributed by atoms with E-state index in [1.807, 2.05) is 6.92 Å². The second kappa shape index (κ2) is 3.31. The highest BCUT2D eigenvalue weighted by atomic mass is 31.0. The second-order valence-corrected chi connectivity index (χ2v) is 3.94. The van der Waals surface area contributed by atoms with Crippen LogP contribution in [-0.4, -0.2) is 9.96 Å². The number of aromatic nitrogens is 2. The van der Waals surface area contributed by atoms with E-state index in [0.717, 1.165) is 14.0 Å². The zero-order chi connectivity index (χ0) is 9.26. The first-order valence-electron chi connectivity index (χ1n) is 4.22. The molecular weight excluding hydrogens is 179 g/mol. The van der Waals surface area contributed by atoms with Crippen LogP contribution in [0.5, 0.6) is 0 Å². The van der Waals surface area contributed by atoms with Gasteiger partial charge in [-0.2, -0.15) is 5.10 Å². The minimum absolute atomic E-state index is 1.09. The monoisotopic (exact) mass is 190 g/mol. The molecule has 0 atom stereocenters. The zero-order valence-corrected chi connectivity index (χ0v) is 8.60. The molecule has 1 aromatic heterocycles. The molecule has 3 heteroatoms. The summed E-state index contributed by atoms with van der Waals surface area (Å²) in [5, 5.41) is 5.44. The molecule has 0 saturated heterocycles. The molecule has 0 amide bonds. The van der Waals surface area contributed by atoms with Gasteiger partial charge in [0.2, 0.25) is 0 Å². The number of hydrogen-bond acceptors (Lipinski definition) is 1. The Morgan fingerprint density at radius 3 is 2.62 bits per heavy atom. The Hall–Kier alpha value is -1.14. The third kappa shape index (κ3) is 1.50. The first-order chi connectivity index (χ1) is 6.29. The van der Waals surface area contributed by atoms with Crippen molar-refractivity contribution in [3.63, 3.8) is 0 Å². The van der Waals surface area contributed by atoms with Crippen molar-refractivity contribution in [1.82, 2.24) is 9.96 Å². The molecule has 1 N–H and O–H groups in total. The summed E-state index contributed by atoms with van der Waals surface area (Å²) in [5.74, 6) is 0. The molecule has 0 bridgehead atoms. The van der Waals surface area contributed by atoms with Gasteiger partial charge in [-0.3, -0.25) is 4.86 Å². The number of nitrogens with one attached hydrogen (secondary N) is 1. The van der Waals surface area contributed by atoms with E-state index in [9.17, 15) is 0 Å². The minimum Gasteiger partial charge on any atom is -0.259 e. The Balaban J connectivity index is 2.59. The van der Waals surface area contributed by atoms with Gasteiger partial charge < -0.3 is 0 Å². The summed E-state index contributed by atoms with van der Waals surface area (Å²) in [7, 11) is 1.10. The molecule has 0 aliphatic rings. The van der Waals surface area contributed by atoms with Gasteiger partial charge in [-0.05, 0) is 25.0 Å². The van der Waals surface area contributed by atoms with Crippen molar-refractivity contribution in [3.8, 4) is 10.9 Å². The lowest BCUT2D eigenvalue weighted by molar-refractivity contribution is 1.09. The van der Waals surface area contributed by atoms with Crippen molar-refractivity contribution in [2.24, 2.45) is 0 Å². The van der Waals surface area contributed by atoms with Gasteiger partial charge in [0.15, 0.2) is 0 Å². The molecule has 2 aromatic rings. The Bertz CT molecular complexity index is 420. The van der Waals surface area contributed by atoms with E-state index in [1.165, 1.54) is 16.4 Å². The number of H-pyrrole nitrogens is 1. The molecule has 0 unspecified atom stereocenters. The van der Waals surface area contributed by atoms with Gasteiger partial charge in [0.25, 0.3) is 0 Å². The molecule has 1 aromatic carbocycles. The number of benzene rings is 1. The van der Waals surface area contributed by atoms with Crippen LogP contribution in [0, 0.1) is 13.8 Å². The molecule has 0 aliphatic carbocycles. The van der Waals surface area contributed by atoms with Crippen LogP contribution < -0.4 is 0 Å². The van der Waals surface area contributed by atoms with Gasteiger partial charge in [0, 0.05) is 8.35 Å². The molecule has 0 saturated carbocycles. The molecule has 13 heavy (non-hydrogen) atoms. The van der Waals surface area contributed by atoms with Gasteiger partial charge >= 0.3 is 0 Å². The van der Waals surface area contributed by atoms with Gasteiger partial charge in [-0.15, -0.1) is 0 Å². The third-order valence-corrected chi connectivity index (χ3v) is 3.11. The molecule has 0 spiro atoms. The van der Waals surface area contributed by atoms with E-state index in [0.29, 0.717) is 0 Å². The van der Waals surface area contributed by atoms with E-state index in [-0.39, 0.29) is 0 Å². The van der Waals surface area contributed by atoms with Crippen LogP contribution in [0.3, 0.4) is 0 Å². The van der Waals surface area contributed by atoms with Crippen molar-refractivity contribution < 1.29 is 0 Å². The summed E-state index contributed by atoms with van der Waals surface area (Å²) >= 11 is 0. The second-order valence-electron chi connectivity index (χ2n) is 3.07. The van der Waals surface area contributed by atoms with Crippen molar-refractivity contribution >= 4 is 8.35 Å². The summed E-state index contributed by atoms with van der Waals surface area (Å²) in [4.78, 5) is 2.97. The summed E-state index contributed by atoms with van der Waals surface area (Å²) in [6, 6.07) is 8.40. The van der Waals surface area contributed by atoms with Gasteiger partial charge in [-0.1, -0.05) is 24.3 Å². The maximum atomic E-state index is 4.15. The molecule has 0 fully saturated rings. The SMILES string of the molecule is Cc1ccccc1-c1p[nH]nc1C. The molecule has 0 radical (unpaired) electrons. The normalized spacial score (nSPS) is 10.9. The predicted octanol–water partition coefficient (Wildman–Crippen LogP) is 3.27. The quantitative estimate of drug-likeness (QED) is 0.734. The number of rotatable bonds is 1. The first-order valence-corrected chi connectivity index (χ1v) is 5.12. The predicted molar refractivity (Wildman–Crippen MR) is 56.0 cm³/mol. The highest BCUT2D eigenvalue weighted by Crippen LogP contribution is 2.30. The van der Waals surface area contributed by atoms with Crippen LogP contribution in [0.15, 0.2) is 24.3 Å². The molecule has 0 aliphatic heterocycles. The van der Waals surface area contributed by atoms with Crippen molar-refractivity contribution in [2.75, 3.05) is 0 Å². The topological polar surface area (TPSA) is 28.7 Å². The van der Waals surface area contributed by atoms with Crippen molar-refractivity contribution in [2.45, 2.75) is 13.8 Å². The zero-order valence-electron chi connectivity index (χ0n) is 7.70. The number of aryl methyl sites for hydroxylation is 2. The van der Waals surface area contributed by atoms with Crippen LogP contribution in [-0.2, 0) is 0 Å². The largest absolute Gasteiger partial charge is 0.259 e. The number of nitrogens with zero attached hydrogens (tertiary/aromatic N) is 1. The average molecular weight is 190 g/mol. The van der Waals surface area contributed by atoms with Crippen LogP contribution in [0.4, 0.5) is 0 Å². The number of hydrogen-bond donors (Lipinski definition) is 1. The molecule has 2 nitrogen and oxygen atoms in total. The van der Waals surface area contributed by atoms with Crippen molar-refractivity contribution in [1.29, 1.82) is 0 Å². The van der Waals surface area contributed by atoms with Crippen LogP contribution >= 0.6 is 8.35 Å². The summed E-state index contributed by atoms with van der Waals surface area (Å²) in [6.45, 7) is 4.16. The fraction of sp³-hybridized carbons (Fsp3) is 0.200. The fourth-order valence-corrected chi connectivity index (χ4v) is 2.26. The Labute approximate surface area is 79.2 Å². The maximum Gasteiger partial charge on any atom is 0.0718 e. The lowest BCUT2D eigenvalue weighted by atomic mass is 10.1.